The van der Waals surface area contributed by atoms with Crippen LogP contribution in [0, 0.1) is 0 Å². The van der Waals surface area contributed by atoms with Crippen molar-refractivity contribution in [3.05, 3.63) is 38.7 Å². The molecule has 0 N–H and O–H groups in total. The van der Waals surface area contributed by atoms with E-state index in [0.717, 1.165) is 15.8 Å². The summed E-state index contributed by atoms with van der Waals surface area (Å²) in [5, 5.41) is 3.49. The van der Waals surface area contributed by atoms with E-state index in [-0.39, 0.29) is 0 Å². The Balaban J connectivity index is 2.87. The van der Waals surface area contributed by atoms with Gasteiger partial charge in [-0.05, 0) is 24.1 Å². The molecule has 14 heavy (non-hydrogen) atoms. The highest BCUT2D eigenvalue weighted by molar-refractivity contribution is 9.10. The molecule has 0 aromatic heterocycles. The van der Waals surface area contributed by atoms with Crippen LogP contribution in [0.4, 0.5) is 0 Å². The molecule has 0 atom stereocenters. The van der Waals surface area contributed by atoms with Crippen LogP contribution in [0.25, 0.3) is 10.4 Å². The van der Waals surface area contributed by atoms with Gasteiger partial charge in [-0.2, -0.15) is 0 Å². The van der Waals surface area contributed by atoms with E-state index in [4.69, 9.17) is 10.3 Å². The van der Waals surface area contributed by atoms with Gasteiger partial charge in [0.25, 0.3) is 0 Å². The van der Waals surface area contributed by atoms with Gasteiger partial charge in [-0.3, -0.25) is 0 Å². The lowest BCUT2D eigenvalue weighted by Crippen LogP contribution is -1.95. The molecule has 4 nitrogen and oxygen atoms in total. The van der Waals surface area contributed by atoms with Crippen LogP contribution in [0.15, 0.2) is 27.8 Å². The Bertz CT molecular complexity index is 361. The highest BCUT2D eigenvalue weighted by Crippen LogP contribution is 2.26. The van der Waals surface area contributed by atoms with E-state index in [9.17, 15) is 0 Å². The molecule has 5 heteroatoms. The quantitative estimate of drug-likeness (QED) is 0.463. The highest BCUT2D eigenvalue weighted by Gasteiger charge is 2.05. The number of halogens is 1. The number of azide groups is 1. The minimum Gasteiger partial charge on any atom is -0.496 e. The second-order valence-electron chi connectivity index (χ2n) is 2.63. The second-order valence-corrected chi connectivity index (χ2v) is 3.48. The van der Waals surface area contributed by atoms with Gasteiger partial charge in [0.1, 0.15) is 5.75 Å². The van der Waals surface area contributed by atoms with Gasteiger partial charge in [0, 0.05) is 21.5 Å². The SMILES string of the molecule is COc1cccc(Br)c1CCN=[N+]=[N-]. The maximum absolute atomic E-state index is 8.16. The van der Waals surface area contributed by atoms with Gasteiger partial charge >= 0.3 is 0 Å². The number of hydrogen-bond acceptors (Lipinski definition) is 2. The molecule has 1 aromatic carbocycles. The van der Waals surface area contributed by atoms with Crippen molar-refractivity contribution in [1.29, 1.82) is 0 Å². The van der Waals surface area contributed by atoms with Crippen molar-refractivity contribution in [3.63, 3.8) is 0 Å². The first kappa shape index (κ1) is 10.9. The molecule has 0 radical (unpaired) electrons. The third-order valence-electron chi connectivity index (χ3n) is 1.82. The van der Waals surface area contributed by atoms with Gasteiger partial charge in [0.15, 0.2) is 0 Å². The van der Waals surface area contributed by atoms with Crippen molar-refractivity contribution in [1.82, 2.24) is 0 Å². The van der Waals surface area contributed by atoms with Crippen LogP contribution < -0.4 is 4.74 Å². The van der Waals surface area contributed by atoms with Gasteiger partial charge < -0.3 is 4.74 Å². The maximum atomic E-state index is 8.16. The van der Waals surface area contributed by atoms with Crippen molar-refractivity contribution < 1.29 is 4.74 Å². The summed E-state index contributed by atoms with van der Waals surface area (Å²) in [5.41, 5.74) is 9.19. The first-order valence-corrected chi connectivity index (χ1v) is 4.91. The average Bonchev–Trinajstić information content (AvgIpc) is 2.20. The minimum absolute atomic E-state index is 0.440. The Labute approximate surface area is 90.6 Å². The first-order chi connectivity index (χ1) is 6.79. The third kappa shape index (κ3) is 2.65. The summed E-state index contributed by atoms with van der Waals surface area (Å²) in [5.74, 6) is 0.813. The Kier molecular flexibility index (Phi) is 4.29. The Morgan fingerprint density at radius 1 is 1.57 bits per heavy atom. The molecule has 0 amide bonds. The van der Waals surface area contributed by atoms with E-state index in [0.29, 0.717) is 13.0 Å². The minimum atomic E-state index is 0.440. The summed E-state index contributed by atoms with van der Waals surface area (Å²) in [6, 6.07) is 5.73. The van der Waals surface area contributed by atoms with Gasteiger partial charge in [-0.1, -0.05) is 27.1 Å². The molecule has 0 aliphatic rings. The number of hydrogen-bond donors (Lipinski definition) is 0. The van der Waals surface area contributed by atoms with Crippen LogP contribution in [0.2, 0.25) is 0 Å². The normalized spacial score (nSPS) is 9.29. The Morgan fingerprint density at radius 3 is 3.00 bits per heavy atom. The van der Waals surface area contributed by atoms with Crippen molar-refractivity contribution >= 4 is 15.9 Å². The monoisotopic (exact) mass is 255 g/mol. The largest absolute Gasteiger partial charge is 0.496 e. The number of ether oxygens (including phenoxy) is 1. The van der Waals surface area contributed by atoms with Gasteiger partial charge in [0.2, 0.25) is 0 Å². The van der Waals surface area contributed by atoms with Crippen LogP contribution >= 0.6 is 15.9 Å². The molecule has 1 aromatic rings. The Hall–Kier alpha value is -1.19. The summed E-state index contributed by atoms with van der Waals surface area (Å²) in [4.78, 5) is 2.70. The number of nitrogens with zero attached hydrogens (tertiary/aromatic N) is 3. The lowest BCUT2D eigenvalue weighted by Gasteiger charge is -2.08. The maximum Gasteiger partial charge on any atom is 0.123 e. The van der Waals surface area contributed by atoms with Crippen LogP contribution in [0.1, 0.15) is 5.56 Å². The van der Waals surface area contributed by atoms with Crippen LogP contribution in [0.3, 0.4) is 0 Å². The summed E-state index contributed by atoms with van der Waals surface area (Å²) in [7, 11) is 1.62. The summed E-state index contributed by atoms with van der Waals surface area (Å²) >= 11 is 3.43. The van der Waals surface area contributed by atoms with E-state index < -0.39 is 0 Å². The van der Waals surface area contributed by atoms with E-state index in [1.165, 1.54) is 0 Å². The van der Waals surface area contributed by atoms with E-state index in [2.05, 4.69) is 26.0 Å². The predicted octanol–water partition coefficient (Wildman–Crippen LogP) is 3.31. The summed E-state index contributed by atoms with van der Waals surface area (Å²) in [6.45, 7) is 0.440. The standard InChI is InChI=1S/C9H10BrN3O/c1-14-9-4-2-3-8(10)7(9)5-6-12-13-11/h2-4H,5-6H2,1H3. The second kappa shape index (κ2) is 5.52. The van der Waals surface area contributed by atoms with Crippen LogP contribution in [-0.2, 0) is 6.42 Å². The number of rotatable bonds is 4. The number of benzene rings is 1. The predicted molar refractivity (Wildman–Crippen MR) is 58.4 cm³/mol. The van der Waals surface area contributed by atoms with Gasteiger partial charge in [-0.25, -0.2) is 0 Å². The zero-order valence-corrected chi connectivity index (χ0v) is 9.36. The molecule has 0 bridgehead atoms. The lowest BCUT2D eigenvalue weighted by molar-refractivity contribution is 0.409. The van der Waals surface area contributed by atoms with Crippen molar-refractivity contribution in [2.45, 2.75) is 6.42 Å². The molecule has 0 saturated heterocycles. The van der Waals surface area contributed by atoms with Gasteiger partial charge in [-0.15, -0.1) is 0 Å². The zero-order valence-electron chi connectivity index (χ0n) is 7.77. The fourth-order valence-electron chi connectivity index (χ4n) is 1.18. The fraction of sp³-hybridized carbons (Fsp3) is 0.333. The first-order valence-electron chi connectivity index (χ1n) is 4.12. The third-order valence-corrected chi connectivity index (χ3v) is 2.56. The average molecular weight is 256 g/mol. The molecule has 0 fully saturated rings. The fourth-order valence-corrected chi connectivity index (χ4v) is 1.73. The Morgan fingerprint density at radius 2 is 2.36 bits per heavy atom. The molecular formula is C9H10BrN3O. The van der Waals surface area contributed by atoms with Gasteiger partial charge in [0.05, 0.1) is 7.11 Å². The van der Waals surface area contributed by atoms with E-state index in [1.807, 2.05) is 18.2 Å². The van der Waals surface area contributed by atoms with Crippen LogP contribution in [0.5, 0.6) is 5.75 Å². The molecule has 74 valence electrons. The van der Waals surface area contributed by atoms with Crippen molar-refractivity contribution in [2.24, 2.45) is 5.11 Å². The van der Waals surface area contributed by atoms with E-state index >= 15 is 0 Å². The molecule has 0 heterocycles. The molecule has 0 aliphatic heterocycles. The number of methoxy groups -OCH3 is 1. The summed E-state index contributed by atoms with van der Waals surface area (Å²) < 4.78 is 6.17. The zero-order chi connectivity index (χ0) is 10.4. The highest BCUT2D eigenvalue weighted by atomic mass is 79.9. The smallest absolute Gasteiger partial charge is 0.123 e. The molecule has 0 aliphatic carbocycles. The topological polar surface area (TPSA) is 58.0 Å². The molecule has 0 unspecified atom stereocenters. The molecule has 0 saturated carbocycles. The molecule has 0 spiro atoms. The lowest BCUT2D eigenvalue weighted by atomic mass is 10.1. The van der Waals surface area contributed by atoms with Crippen molar-refractivity contribution in [2.75, 3.05) is 13.7 Å². The molecular weight excluding hydrogens is 246 g/mol. The molecule has 1 rings (SSSR count). The van der Waals surface area contributed by atoms with Crippen LogP contribution in [-0.4, -0.2) is 13.7 Å². The van der Waals surface area contributed by atoms with E-state index in [1.54, 1.807) is 7.11 Å². The summed E-state index contributed by atoms with van der Waals surface area (Å²) in [6.07, 6.45) is 0.675. The van der Waals surface area contributed by atoms with Crippen molar-refractivity contribution in [3.8, 4) is 5.75 Å².